The largest absolute Gasteiger partial charge is 0.442 e. The van der Waals surface area contributed by atoms with Crippen LogP contribution in [0.5, 0.6) is 0 Å². The number of nitrogens with one attached hydrogen (secondary N) is 1. The highest BCUT2D eigenvalue weighted by molar-refractivity contribution is 5.94. The molecule has 0 aromatic heterocycles. The van der Waals surface area contributed by atoms with Crippen molar-refractivity contribution in [1.29, 1.82) is 0 Å². The lowest BCUT2D eigenvalue weighted by atomic mass is 9.98. The Morgan fingerprint density at radius 3 is 2.84 bits per heavy atom. The topological polar surface area (TPSA) is 58.6 Å². The molecule has 0 bridgehead atoms. The first-order valence-electron chi connectivity index (χ1n) is 9.11. The summed E-state index contributed by atoms with van der Waals surface area (Å²) in [5, 5.41) is 2.71. The number of cyclic esters (lactones) is 1. The van der Waals surface area contributed by atoms with Crippen LogP contribution in [0.3, 0.4) is 0 Å². The predicted octanol–water partition coefficient (Wildman–Crippen LogP) is 2.73. The molecule has 5 rings (SSSR count). The Balaban J connectivity index is 1.42. The van der Waals surface area contributed by atoms with Crippen molar-refractivity contribution < 1.29 is 18.7 Å². The molecule has 1 aromatic carbocycles. The van der Waals surface area contributed by atoms with Crippen molar-refractivity contribution in [3.63, 3.8) is 0 Å². The number of benzene rings is 1. The smallest absolute Gasteiger partial charge is 0.415 e. The molecule has 6 heteroatoms. The van der Waals surface area contributed by atoms with E-state index in [1.54, 1.807) is 4.90 Å². The summed E-state index contributed by atoms with van der Waals surface area (Å²) in [7, 11) is 0. The van der Waals surface area contributed by atoms with Gasteiger partial charge in [-0.2, -0.15) is 0 Å². The third-order valence-corrected chi connectivity index (χ3v) is 6.41. The van der Waals surface area contributed by atoms with Crippen LogP contribution in [0.1, 0.15) is 43.2 Å². The normalized spacial score (nSPS) is 34.4. The fourth-order valence-electron chi connectivity index (χ4n) is 5.27. The van der Waals surface area contributed by atoms with Crippen LogP contribution in [0.4, 0.5) is 14.9 Å². The zero-order valence-corrected chi connectivity index (χ0v) is 14.1. The van der Waals surface area contributed by atoms with Crippen LogP contribution in [0, 0.1) is 17.7 Å². The summed E-state index contributed by atoms with van der Waals surface area (Å²) in [4.78, 5) is 24.9. The van der Waals surface area contributed by atoms with E-state index in [1.807, 2.05) is 6.07 Å². The average molecular weight is 344 g/mol. The van der Waals surface area contributed by atoms with Gasteiger partial charge in [-0.15, -0.1) is 0 Å². The summed E-state index contributed by atoms with van der Waals surface area (Å²) in [6.07, 6.45) is 3.51. The van der Waals surface area contributed by atoms with E-state index in [2.05, 4.69) is 5.32 Å². The minimum Gasteiger partial charge on any atom is -0.442 e. The zero-order valence-electron chi connectivity index (χ0n) is 14.1. The Kier molecular flexibility index (Phi) is 3.15. The van der Waals surface area contributed by atoms with Gasteiger partial charge < -0.3 is 10.1 Å². The number of carbonyl (C=O) groups is 2. The second kappa shape index (κ2) is 5.19. The standard InChI is InChI=1S/C19H21FN2O3/c1-9(23)21-8-17-16-6-10-5-13(18-11-3-2-4-12(11)18)14(20)7-15(10)22(16)19(24)25-17/h5,7,11-12,16-18H,2-4,6,8H2,1H3,(H,21,23)/t11?,12?,16-,17-,18?/m0/s1. The van der Waals surface area contributed by atoms with Gasteiger partial charge >= 0.3 is 6.09 Å². The number of rotatable bonds is 3. The summed E-state index contributed by atoms with van der Waals surface area (Å²) in [5.41, 5.74) is 2.49. The third-order valence-electron chi connectivity index (χ3n) is 6.41. The maximum absolute atomic E-state index is 14.7. The minimum absolute atomic E-state index is 0.154. The molecule has 4 atom stereocenters. The third kappa shape index (κ3) is 2.19. The molecule has 1 N–H and O–H groups in total. The molecular weight excluding hydrogens is 323 g/mol. The summed E-state index contributed by atoms with van der Waals surface area (Å²) in [6.45, 7) is 1.73. The number of amides is 2. The Hall–Kier alpha value is -2.11. The molecule has 2 amide bonds. The van der Waals surface area contributed by atoms with Crippen LogP contribution in [0.2, 0.25) is 0 Å². The van der Waals surface area contributed by atoms with E-state index in [1.165, 1.54) is 32.3 Å². The van der Waals surface area contributed by atoms with E-state index >= 15 is 0 Å². The van der Waals surface area contributed by atoms with E-state index < -0.39 is 12.2 Å². The van der Waals surface area contributed by atoms with Crippen molar-refractivity contribution in [1.82, 2.24) is 5.32 Å². The van der Waals surface area contributed by atoms with Crippen LogP contribution >= 0.6 is 0 Å². The molecule has 3 fully saturated rings. The SMILES string of the molecule is CC(=O)NC[C@@H]1OC(=O)N2c3cc(F)c(C4C5CCCC54)cc3C[C@@H]12. The van der Waals surface area contributed by atoms with Gasteiger partial charge in [0.25, 0.3) is 0 Å². The Morgan fingerprint density at radius 1 is 1.36 bits per heavy atom. The minimum atomic E-state index is -0.449. The van der Waals surface area contributed by atoms with Gasteiger partial charge in [0.2, 0.25) is 5.91 Å². The van der Waals surface area contributed by atoms with Crippen LogP contribution in [0.15, 0.2) is 12.1 Å². The highest BCUT2D eigenvalue weighted by Gasteiger charge is 2.55. The van der Waals surface area contributed by atoms with Crippen molar-refractivity contribution in [3.05, 3.63) is 29.1 Å². The average Bonchev–Trinajstić information content (AvgIpc) is 2.94. The number of fused-ring (bicyclic) bond motifs is 4. The number of carbonyl (C=O) groups excluding carboxylic acids is 2. The molecule has 2 aliphatic carbocycles. The van der Waals surface area contributed by atoms with Gasteiger partial charge in [-0.3, -0.25) is 9.69 Å². The molecule has 4 aliphatic rings. The first kappa shape index (κ1) is 15.2. The van der Waals surface area contributed by atoms with Crippen LogP contribution < -0.4 is 10.2 Å². The van der Waals surface area contributed by atoms with E-state index in [-0.39, 0.29) is 17.8 Å². The number of hydrogen-bond acceptors (Lipinski definition) is 3. The summed E-state index contributed by atoms with van der Waals surface area (Å²) < 4.78 is 20.1. The number of halogens is 1. The van der Waals surface area contributed by atoms with Gasteiger partial charge in [0, 0.05) is 6.92 Å². The maximum Gasteiger partial charge on any atom is 0.415 e. The zero-order chi connectivity index (χ0) is 17.3. The summed E-state index contributed by atoms with van der Waals surface area (Å²) >= 11 is 0. The second-order valence-electron chi connectivity index (χ2n) is 7.79. The Labute approximate surface area is 145 Å². The number of nitrogens with zero attached hydrogens (tertiary/aromatic N) is 1. The Morgan fingerprint density at radius 2 is 2.12 bits per heavy atom. The molecule has 1 saturated heterocycles. The molecule has 0 spiro atoms. The molecular formula is C19H21FN2O3. The van der Waals surface area contributed by atoms with Crippen molar-refractivity contribution >= 4 is 17.7 Å². The number of hydrogen-bond donors (Lipinski definition) is 1. The van der Waals surface area contributed by atoms with Gasteiger partial charge in [-0.1, -0.05) is 12.5 Å². The van der Waals surface area contributed by atoms with Gasteiger partial charge in [0.15, 0.2) is 0 Å². The van der Waals surface area contributed by atoms with Crippen molar-refractivity contribution in [2.45, 2.75) is 50.7 Å². The van der Waals surface area contributed by atoms with Crippen LogP contribution in [-0.2, 0) is 16.0 Å². The van der Waals surface area contributed by atoms with E-state index in [0.717, 1.165) is 11.1 Å². The van der Waals surface area contributed by atoms with E-state index in [0.29, 0.717) is 36.4 Å². The van der Waals surface area contributed by atoms with Crippen molar-refractivity contribution in [2.75, 3.05) is 11.4 Å². The second-order valence-corrected chi connectivity index (χ2v) is 7.79. The lowest BCUT2D eigenvalue weighted by Gasteiger charge is -2.16. The predicted molar refractivity (Wildman–Crippen MR) is 88.9 cm³/mol. The van der Waals surface area contributed by atoms with Crippen molar-refractivity contribution in [3.8, 4) is 0 Å². The van der Waals surface area contributed by atoms with Crippen LogP contribution in [-0.4, -0.2) is 30.7 Å². The van der Waals surface area contributed by atoms with E-state index in [9.17, 15) is 14.0 Å². The molecule has 2 saturated carbocycles. The molecule has 5 nitrogen and oxygen atoms in total. The lowest BCUT2D eigenvalue weighted by Crippen LogP contribution is -2.40. The first-order valence-corrected chi connectivity index (χ1v) is 9.11. The van der Waals surface area contributed by atoms with Gasteiger partial charge in [-0.25, -0.2) is 9.18 Å². The first-order chi connectivity index (χ1) is 12.0. The van der Waals surface area contributed by atoms with E-state index in [4.69, 9.17) is 4.74 Å². The highest BCUT2D eigenvalue weighted by atomic mass is 19.1. The summed E-state index contributed by atoms with van der Waals surface area (Å²) in [6, 6.07) is 3.33. The molecule has 2 heterocycles. The fourth-order valence-corrected chi connectivity index (χ4v) is 5.27. The quantitative estimate of drug-likeness (QED) is 0.917. The van der Waals surface area contributed by atoms with Crippen LogP contribution in [0.25, 0.3) is 0 Å². The van der Waals surface area contributed by atoms with Crippen molar-refractivity contribution in [2.24, 2.45) is 11.8 Å². The maximum atomic E-state index is 14.7. The van der Waals surface area contributed by atoms with Gasteiger partial charge in [0.05, 0.1) is 18.3 Å². The van der Waals surface area contributed by atoms with Gasteiger partial charge in [0.1, 0.15) is 11.9 Å². The fraction of sp³-hybridized carbons (Fsp3) is 0.579. The molecule has 1 aromatic rings. The molecule has 0 radical (unpaired) electrons. The molecule has 132 valence electrons. The molecule has 2 aliphatic heterocycles. The Bertz CT molecular complexity index is 770. The molecule has 25 heavy (non-hydrogen) atoms. The van der Waals surface area contributed by atoms with Gasteiger partial charge in [-0.05, 0) is 54.2 Å². The number of anilines is 1. The number of ether oxygens (including phenoxy) is 1. The molecule has 2 unspecified atom stereocenters. The monoisotopic (exact) mass is 344 g/mol. The highest BCUT2D eigenvalue weighted by Crippen LogP contribution is 2.63. The lowest BCUT2D eigenvalue weighted by molar-refractivity contribution is -0.119. The summed E-state index contributed by atoms with van der Waals surface area (Å²) in [5.74, 6) is 1.34.